The second-order valence-electron chi connectivity index (χ2n) is 5.66. The molecule has 0 radical (unpaired) electrons. The summed E-state index contributed by atoms with van der Waals surface area (Å²) < 4.78 is 0. The molecule has 2 rings (SSSR count). The fraction of sp³-hybridized carbons (Fsp3) is 0.857. The SMILES string of the molecule is O=[C-]C1CCC(C2CCC(C(=O)[O-])CC2)CC1.[Li+].[Li+].[OH-]. The Kier molecular flexibility index (Phi) is 12.3. The van der Waals surface area contributed by atoms with Gasteiger partial charge in [-0.05, 0) is 43.4 Å². The summed E-state index contributed by atoms with van der Waals surface area (Å²) >= 11 is 0. The summed E-state index contributed by atoms with van der Waals surface area (Å²) in [5.41, 5.74) is 0. The fourth-order valence-corrected chi connectivity index (χ4v) is 3.53. The molecular weight excluding hydrogens is 246 g/mol. The third kappa shape index (κ3) is 5.96. The summed E-state index contributed by atoms with van der Waals surface area (Å²) in [6.45, 7) is 0. The second kappa shape index (κ2) is 10.9. The molecule has 2 fully saturated rings. The zero-order valence-electron chi connectivity index (χ0n) is 12.6. The average molecular weight is 267 g/mol. The molecule has 6 heteroatoms. The maximum absolute atomic E-state index is 10.8. The summed E-state index contributed by atoms with van der Waals surface area (Å²) in [5, 5.41) is 10.8. The van der Waals surface area contributed by atoms with Gasteiger partial charge in [-0.2, -0.15) is 0 Å². The van der Waals surface area contributed by atoms with Gasteiger partial charge < -0.3 is 20.2 Å². The van der Waals surface area contributed by atoms with Gasteiger partial charge in [0, 0.05) is 5.97 Å². The molecule has 0 atom stereocenters. The van der Waals surface area contributed by atoms with Crippen LogP contribution in [0.3, 0.4) is 0 Å². The van der Waals surface area contributed by atoms with Gasteiger partial charge >= 0.3 is 37.7 Å². The summed E-state index contributed by atoms with van der Waals surface area (Å²) in [6.07, 6.45) is 9.95. The topological polar surface area (TPSA) is 87.2 Å². The molecule has 0 amide bonds. The number of carbonyl (C=O) groups excluding carboxylic acids is 2. The summed E-state index contributed by atoms with van der Waals surface area (Å²) in [6, 6.07) is 0. The first-order valence-corrected chi connectivity index (χ1v) is 6.79. The van der Waals surface area contributed by atoms with Crippen molar-refractivity contribution in [3.63, 3.8) is 0 Å². The van der Waals surface area contributed by atoms with Crippen molar-refractivity contribution < 1.29 is 57.9 Å². The fourth-order valence-electron chi connectivity index (χ4n) is 3.53. The molecule has 0 heterocycles. The average Bonchev–Trinajstić information content (AvgIpc) is 2.39. The van der Waals surface area contributed by atoms with E-state index in [0.717, 1.165) is 51.4 Å². The normalized spacial score (nSPS) is 32.8. The molecule has 0 aliphatic heterocycles. The van der Waals surface area contributed by atoms with Crippen LogP contribution in [0.2, 0.25) is 0 Å². The smallest absolute Gasteiger partial charge is 0.870 e. The van der Waals surface area contributed by atoms with Gasteiger partial charge in [-0.25, -0.2) is 0 Å². The van der Waals surface area contributed by atoms with Crippen LogP contribution in [-0.4, -0.2) is 17.7 Å². The van der Waals surface area contributed by atoms with E-state index in [1.807, 2.05) is 0 Å². The Morgan fingerprint density at radius 1 is 0.850 bits per heavy atom. The van der Waals surface area contributed by atoms with E-state index in [1.54, 1.807) is 0 Å². The molecule has 0 aromatic heterocycles. The number of carboxylic acid groups (broad SMARTS) is 1. The van der Waals surface area contributed by atoms with Gasteiger partial charge in [-0.3, -0.25) is 6.29 Å². The molecule has 2 saturated carbocycles. The third-order valence-corrected chi connectivity index (χ3v) is 4.71. The Balaban J connectivity index is 0. The van der Waals surface area contributed by atoms with Crippen LogP contribution in [0.15, 0.2) is 0 Å². The van der Waals surface area contributed by atoms with Crippen molar-refractivity contribution in [1.29, 1.82) is 0 Å². The van der Waals surface area contributed by atoms with Gasteiger partial charge in [-0.15, -0.1) is 5.92 Å². The van der Waals surface area contributed by atoms with Crippen LogP contribution in [0, 0.1) is 23.7 Å². The van der Waals surface area contributed by atoms with E-state index in [0.29, 0.717) is 11.8 Å². The maximum atomic E-state index is 10.8. The Hall–Kier alpha value is 0.295. The predicted octanol–water partition coefficient (Wildman–Crippen LogP) is -4.71. The molecule has 0 saturated heterocycles. The molecule has 0 unspecified atom stereocenters. The molecule has 1 N–H and O–H groups in total. The van der Waals surface area contributed by atoms with Crippen LogP contribution >= 0.6 is 0 Å². The molecule has 0 spiro atoms. The van der Waals surface area contributed by atoms with Crippen molar-refractivity contribution in [3.8, 4) is 0 Å². The summed E-state index contributed by atoms with van der Waals surface area (Å²) in [7, 11) is 0. The largest absolute Gasteiger partial charge is 1.00 e. The summed E-state index contributed by atoms with van der Waals surface area (Å²) in [4.78, 5) is 21.3. The van der Waals surface area contributed by atoms with Crippen LogP contribution in [-0.2, 0) is 9.59 Å². The monoisotopic (exact) mass is 267 g/mol. The minimum Gasteiger partial charge on any atom is -0.870 e. The molecule has 104 valence electrons. The molecule has 0 bridgehead atoms. The maximum Gasteiger partial charge on any atom is 1.00 e. The zero-order valence-corrected chi connectivity index (χ0v) is 12.6. The van der Waals surface area contributed by atoms with E-state index in [9.17, 15) is 14.7 Å². The van der Waals surface area contributed by atoms with Crippen LogP contribution in [0.25, 0.3) is 0 Å². The van der Waals surface area contributed by atoms with Crippen molar-refractivity contribution in [2.24, 2.45) is 23.7 Å². The van der Waals surface area contributed by atoms with Gasteiger partial charge in [0.15, 0.2) is 0 Å². The van der Waals surface area contributed by atoms with E-state index < -0.39 is 5.97 Å². The van der Waals surface area contributed by atoms with Crippen LogP contribution < -0.4 is 42.8 Å². The Morgan fingerprint density at radius 3 is 1.60 bits per heavy atom. The van der Waals surface area contributed by atoms with Gasteiger partial charge in [0.05, 0.1) is 0 Å². The van der Waals surface area contributed by atoms with Crippen molar-refractivity contribution >= 4 is 12.3 Å². The van der Waals surface area contributed by atoms with E-state index in [-0.39, 0.29) is 55.0 Å². The number of hydrogen-bond acceptors (Lipinski definition) is 4. The zero-order chi connectivity index (χ0) is 12.3. The molecule has 20 heavy (non-hydrogen) atoms. The standard InChI is InChI=1S/C14H21O3.2Li.H2O/c15-9-10-1-3-11(4-2-10)12-5-7-13(8-6-12)14(16)17;;;/h10-13H,1-8H2,(H,16,17);;;1H2/q-1;2*+1;/p-2. The van der Waals surface area contributed by atoms with Crippen molar-refractivity contribution in [1.82, 2.24) is 0 Å². The van der Waals surface area contributed by atoms with Gasteiger partial charge in [-0.1, -0.05) is 25.7 Å². The molecule has 0 aromatic rings. The van der Waals surface area contributed by atoms with E-state index >= 15 is 0 Å². The molecular formula is C14H21Li2O4-. The molecule has 4 nitrogen and oxygen atoms in total. The number of hydrogen-bond donors (Lipinski definition) is 0. The second-order valence-corrected chi connectivity index (χ2v) is 5.66. The molecule has 2 aliphatic carbocycles. The van der Waals surface area contributed by atoms with Crippen molar-refractivity contribution in [3.05, 3.63) is 0 Å². The molecule has 0 aromatic carbocycles. The van der Waals surface area contributed by atoms with Gasteiger partial charge in [0.2, 0.25) is 0 Å². The minimum atomic E-state index is -0.872. The van der Waals surface area contributed by atoms with Gasteiger partial charge in [0.25, 0.3) is 0 Å². The molecule has 2 aliphatic rings. The number of carbonyl (C=O) groups is 1. The third-order valence-electron chi connectivity index (χ3n) is 4.71. The minimum absolute atomic E-state index is 0. The van der Waals surface area contributed by atoms with Crippen molar-refractivity contribution in [2.45, 2.75) is 51.4 Å². The van der Waals surface area contributed by atoms with E-state index in [1.165, 1.54) is 0 Å². The first-order valence-electron chi connectivity index (χ1n) is 6.79. The number of rotatable bonds is 3. The Labute approximate surface area is 145 Å². The quantitative estimate of drug-likeness (QED) is 0.380. The van der Waals surface area contributed by atoms with Crippen LogP contribution in [0.4, 0.5) is 0 Å². The predicted molar refractivity (Wildman–Crippen MR) is 63.5 cm³/mol. The van der Waals surface area contributed by atoms with Crippen LogP contribution in [0.5, 0.6) is 0 Å². The first kappa shape index (κ1) is 22.6. The van der Waals surface area contributed by atoms with E-state index in [2.05, 4.69) is 6.29 Å². The van der Waals surface area contributed by atoms with Crippen molar-refractivity contribution in [2.75, 3.05) is 0 Å². The van der Waals surface area contributed by atoms with Crippen LogP contribution in [0.1, 0.15) is 51.4 Å². The Bertz CT molecular complexity index is 283. The first-order chi connectivity index (χ1) is 8.20. The Morgan fingerprint density at radius 2 is 1.25 bits per heavy atom. The van der Waals surface area contributed by atoms with Gasteiger partial charge in [0.1, 0.15) is 0 Å². The number of carboxylic acids is 1. The summed E-state index contributed by atoms with van der Waals surface area (Å²) in [5.74, 6) is 0.458. The number of aliphatic carboxylic acids is 1. The van der Waals surface area contributed by atoms with E-state index in [4.69, 9.17) is 0 Å².